The Morgan fingerprint density at radius 2 is 2.24 bits per heavy atom. The third kappa shape index (κ3) is 4.49. The highest BCUT2D eigenvalue weighted by Crippen LogP contribution is 2.25. The smallest absolute Gasteiger partial charge is 0.235 e. The Kier molecular flexibility index (Phi) is 5.67. The Balaban J connectivity index is 1.68. The molecule has 1 saturated carbocycles. The quantitative estimate of drug-likeness (QED) is 0.834. The summed E-state index contributed by atoms with van der Waals surface area (Å²) in [7, 11) is 0. The van der Waals surface area contributed by atoms with Gasteiger partial charge in [-0.05, 0) is 33.1 Å². The topological polar surface area (TPSA) is 75.4 Å². The van der Waals surface area contributed by atoms with E-state index in [0.29, 0.717) is 23.4 Å². The lowest BCUT2D eigenvalue weighted by Gasteiger charge is -2.36. The largest absolute Gasteiger partial charge is 0.360 e. The summed E-state index contributed by atoms with van der Waals surface area (Å²) >= 11 is 1.33. The molecule has 1 N–H and O–H groups in total. The van der Waals surface area contributed by atoms with Crippen molar-refractivity contribution >= 4 is 29.4 Å². The maximum absolute atomic E-state index is 12.1. The molecule has 1 aromatic heterocycles. The first-order valence-corrected chi connectivity index (χ1v) is 8.36. The summed E-state index contributed by atoms with van der Waals surface area (Å²) in [5, 5.41) is 6.33. The lowest BCUT2D eigenvalue weighted by atomic mass is 9.91. The van der Waals surface area contributed by atoms with Gasteiger partial charge in [-0.15, -0.1) is 11.8 Å². The Hall–Kier alpha value is -1.50. The van der Waals surface area contributed by atoms with Gasteiger partial charge in [0.2, 0.25) is 11.8 Å². The van der Waals surface area contributed by atoms with Crippen LogP contribution in [0.3, 0.4) is 0 Å². The number of thioether (sulfide) groups is 1. The van der Waals surface area contributed by atoms with E-state index in [1.165, 1.54) is 18.2 Å². The van der Waals surface area contributed by atoms with Crippen molar-refractivity contribution in [3.63, 3.8) is 0 Å². The molecule has 2 amide bonds. The molecule has 21 heavy (non-hydrogen) atoms. The Morgan fingerprint density at radius 3 is 2.76 bits per heavy atom. The van der Waals surface area contributed by atoms with Crippen molar-refractivity contribution in [1.82, 2.24) is 10.1 Å². The van der Waals surface area contributed by atoms with Gasteiger partial charge in [0.05, 0.1) is 11.5 Å². The molecule has 1 aliphatic carbocycles. The number of hydrogen-bond donors (Lipinski definition) is 1. The summed E-state index contributed by atoms with van der Waals surface area (Å²) in [5.74, 6) is 1.58. The molecule has 2 rings (SSSR count). The van der Waals surface area contributed by atoms with Crippen LogP contribution in [0, 0.1) is 6.92 Å². The Bertz CT molecular complexity index is 499. The normalized spacial score (nSPS) is 14.6. The maximum Gasteiger partial charge on any atom is 0.235 e. The molecule has 1 heterocycles. The zero-order valence-electron chi connectivity index (χ0n) is 12.4. The first-order chi connectivity index (χ1) is 10.1. The molecule has 1 aromatic rings. The molecule has 0 radical (unpaired) electrons. The van der Waals surface area contributed by atoms with Gasteiger partial charge >= 0.3 is 0 Å². The van der Waals surface area contributed by atoms with Gasteiger partial charge in [0.15, 0.2) is 5.82 Å². The van der Waals surface area contributed by atoms with Crippen molar-refractivity contribution in [2.45, 2.75) is 39.2 Å². The number of rotatable bonds is 7. The molecule has 0 unspecified atom stereocenters. The highest BCUT2D eigenvalue weighted by atomic mass is 32.2. The summed E-state index contributed by atoms with van der Waals surface area (Å²) in [6, 6.07) is 2.07. The molecule has 7 heteroatoms. The number of carbonyl (C=O) groups is 2. The van der Waals surface area contributed by atoms with Crippen LogP contribution >= 0.6 is 11.8 Å². The SMILES string of the molecule is CCN(C(=O)CSCC(=O)Nc1cc(C)on1)C1CCC1. The third-order valence-electron chi connectivity index (χ3n) is 3.53. The molecular formula is C14H21N3O3S. The average Bonchev–Trinajstić information content (AvgIpc) is 2.78. The fourth-order valence-corrected chi connectivity index (χ4v) is 2.95. The monoisotopic (exact) mass is 311 g/mol. The van der Waals surface area contributed by atoms with Crippen molar-refractivity contribution in [2.75, 3.05) is 23.4 Å². The minimum absolute atomic E-state index is 0.122. The Labute approximate surface area is 128 Å². The van der Waals surface area contributed by atoms with Crippen LogP contribution in [0.2, 0.25) is 0 Å². The number of amides is 2. The first kappa shape index (κ1) is 15.9. The number of anilines is 1. The van der Waals surface area contributed by atoms with E-state index in [1.807, 2.05) is 11.8 Å². The second-order valence-corrected chi connectivity index (χ2v) is 6.11. The fourth-order valence-electron chi connectivity index (χ4n) is 2.25. The molecule has 0 saturated heterocycles. The predicted octanol–water partition coefficient (Wildman–Crippen LogP) is 2.06. The van der Waals surface area contributed by atoms with Crippen molar-refractivity contribution in [2.24, 2.45) is 0 Å². The van der Waals surface area contributed by atoms with Gasteiger partial charge in [-0.25, -0.2) is 0 Å². The van der Waals surface area contributed by atoms with Gasteiger partial charge in [0, 0.05) is 18.7 Å². The van der Waals surface area contributed by atoms with Crippen LogP contribution in [-0.4, -0.2) is 46.0 Å². The molecule has 0 aromatic carbocycles. The summed E-state index contributed by atoms with van der Waals surface area (Å²) in [6.45, 7) is 4.50. The number of hydrogen-bond acceptors (Lipinski definition) is 5. The molecule has 0 bridgehead atoms. The van der Waals surface area contributed by atoms with E-state index in [1.54, 1.807) is 13.0 Å². The van der Waals surface area contributed by atoms with E-state index < -0.39 is 0 Å². The zero-order valence-corrected chi connectivity index (χ0v) is 13.2. The number of carbonyl (C=O) groups excluding carboxylic acids is 2. The molecule has 1 aliphatic rings. The van der Waals surface area contributed by atoms with Crippen LogP contribution in [0.25, 0.3) is 0 Å². The van der Waals surface area contributed by atoms with Crippen molar-refractivity contribution in [3.8, 4) is 0 Å². The van der Waals surface area contributed by atoms with Gasteiger partial charge in [0.25, 0.3) is 0 Å². The predicted molar refractivity (Wildman–Crippen MR) is 82.2 cm³/mol. The summed E-state index contributed by atoms with van der Waals surface area (Å²) in [6.07, 6.45) is 3.42. The minimum Gasteiger partial charge on any atom is -0.360 e. The lowest BCUT2D eigenvalue weighted by molar-refractivity contribution is -0.132. The van der Waals surface area contributed by atoms with E-state index in [2.05, 4.69) is 10.5 Å². The summed E-state index contributed by atoms with van der Waals surface area (Å²) < 4.78 is 4.87. The van der Waals surface area contributed by atoms with Crippen LogP contribution in [0.5, 0.6) is 0 Å². The number of nitrogens with zero attached hydrogens (tertiary/aromatic N) is 2. The van der Waals surface area contributed by atoms with Crippen molar-refractivity contribution in [1.29, 1.82) is 0 Å². The number of nitrogens with one attached hydrogen (secondary N) is 1. The molecule has 0 aliphatic heterocycles. The Morgan fingerprint density at radius 1 is 1.48 bits per heavy atom. The summed E-state index contributed by atoms with van der Waals surface area (Å²) in [5.41, 5.74) is 0. The van der Waals surface area contributed by atoms with Gasteiger partial charge < -0.3 is 14.7 Å². The standard InChI is InChI=1S/C14H21N3O3S/c1-3-17(11-5-4-6-11)14(19)9-21-8-13(18)15-12-7-10(2)20-16-12/h7,11H,3-6,8-9H2,1-2H3,(H,15,16,18). The molecule has 116 valence electrons. The van der Waals surface area contributed by atoms with Crippen LogP contribution in [0.15, 0.2) is 10.6 Å². The van der Waals surface area contributed by atoms with Crippen LogP contribution < -0.4 is 5.32 Å². The average molecular weight is 311 g/mol. The van der Waals surface area contributed by atoms with Crippen molar-refractivity contribution < 1.29 is 14.1 Å². The van der Waals surface area contributed by atoms with E-state index in [4.69, 9.17) is 4.52 Å². The molecular weight excluding hydrogens is 290 g/mol. The molecule has 1 fully saturated rings. The molecule has 6 nitrogen and oxygen atoms in total. The van der Waals surface area contributed by atoms with Gasteiger partial charge in [0.1, 0.15) is 5.76 Å². The molecule has 0 atom stereocenters. The van der Waals surface area contributed by atoms with Gasteiger partial charge in [-0.1, -0.05) is 5.16 Å². The van der Waals surface area contributed by atoms with Crippen LogP contribution in [-0.2, 0) is 9.59 Å². The first-order valence-electron chi connectivity index (χ1n) is 7.20. The van der Waals surface area contributed by atoms with Crippen molar-refractivity contribution in [3.05, 3.63) is 11.8 Å². The maximum atomic E-state index is 12.1. The van der Waals surface area contributed by atoms with E-state index in [0.717, 1.165) is 19.4 Å². The second-order valence-electron chi connectivity index (χ2n) is 5.13. The van der Waals surface area contributed by atoms with Crippen LogP contribution in [0.4, 0.5) is 5.82 Å². The van der Waals surface area contributed by atoms with Crippen LogP contribution in [0.1, 0.15) is 31.9 Å². The highest BCUT2D eigenvalue weighted by molar-refractivity contribution is 8.00. The number of aromatic nitrogens is 1. The van der Waals surface area contributed by atoms with E-state index >= 15 is 0 Å². The lowest BCUT2D eigenvalue weighted by Crippen LogP contribution is -2.44. The second kappa shape index (κ2) is 7.49. The third-order valence-corrected chi connectivity index (χ3v) is 4.45. The fraction of sp³-hybridized carbons (Fsp3) is 0.643. The highest BCUT2D eigenvalue weighted by Gasteiger charge is 2.27. The zero-order chi connectivity index (χ0) is 15.2. The molecule has 0 spiro atoms. The minimum atomic E-state index is -0.173. The van der Waals surface area contributed by atoms with E-state index in [9.17, 15) is 9.59 Å². The van der Waals surface area contributed by atoms with E-state index in [-0.39, 0.29) is 17.6 Å². The van der Waals surface area contributed by atoms with Gasteiger partial charge in [-0.2, -0.15) is 0 Å². The van der Waals surface area contributed by atoms with Gasteiger partial charge in [-0.3, -0.25) is 9.59 Å². The summed E-state index contributed by atoms with van der Waals surface area (Å²) in [4.78, 5) is 25.7. The number of aryl methyl sites for hydroxylation is 1.